The number of hydrogen-bond acceptors (Lipinski definition) is 3. The number of unbranched alkanes of at least 4 members (excludes halogenated alkanes) is 1. The summed E-state index contributed by atoms with van der Waals surface area (Å²) in [5.41, 5.74) is 1.02. The van der Waals surface area contributed by atoms with E-state index in [1.54, 1.807) is 14.2 Å². The minimum Gasteiger partial charge on any atom is -0.497 e. The molecule has 0 saturated carbocycles. The molecule has 0 atom stereocenters. The van der Waals surface area contributed by atoms with Gasteiger partial charge in [-0.25, -0.2) is 0 Å². The molecule has 0 aliphatic carbocycles. The Bertz CT molecular complexity index is 300. The largest absolute Gasteiger partial charge is 0.497 e. The number of methoxy groups -OCH3 is 2. The Balaban J connectivity index is 2.69. The fraction of sp³-hybridized carbons (Fsp3) is 0.500. The van der Waals surface area contributed by atoms with Crippen molar-refractivity contribution in [3.63, 3.8) is 0 Å². The van der Waals surface area contributed by atoms with Crippen LogP contribution in [0.4, 0.5) is 5.69 Å². The van der Waals surface area contributed by atoms with Gasteiger partial charge in [0, 0.05) is 12.6 Å². The van der Waals surface area contributed by atoms with Crippen molar-refractivity contribution in [2.45, 2.75) is 19.8 Å². The Morgan fingerprint density at radius 3 is 2.60 bits per heavy atom. The Kier molecular flexibility index (Phi) is 4.81. The fourth-order valence-corrected chi connectivity index (χ4v) is 1.34. The van der Waals surface area contributed by atoms with Crippen molar-refractivity contribution in [3.8, 4) is 11.5 Å². The molecule has 0 heterocycles. The highest BCUT2D eigenvalue weighted by Gasteiger charge is 2.03. The highest BCUT2D eigenvalue weighted by molar-refractivity contribution is 5.59. The molecule has 0 radical (unpaired) electrons. The molecule has 0 amide bonds. The Morgan fingerprint density at radius 1 is 1.20 bits per heavy atom. The third-order valence-corrected chi connectivity index (χ3v) is 2.25. The number of rotatable bonds is 6. The molecule has 0 aliphatic rings. The summed E-state index contributed by atoms with van der Waals surface area (Å²) in [7, 11) is 3.32. The van der Waals surface area contributed by atoms with Crippen molar-refractivity contribution in [1.82, 2.24) is 0 Å². The zero-order chi connectivity index (χ0) is 11.1. The molecule has 3 nitrogen and oxygen atoms in total. The lowest BCUT2D eigenvalue weighted by Gasteiger charge is -2.11. The molecule has 0 fully saturated rings. The summed E-state index contributed by atoms with van der Waals surface area (Å²) < 4.78 is 10.4. The number of anilines is 1. The van der Waals surface area contributed by atoms with E-state index >= 15 is 0 Å². The van der Waals surface area contributed by atoms with Gasteiger partial charge in [0.25, 0.3) is 0 Å². The number of ether oxygens (including phenoxy) is 2. The zero-order valence-corrected chi connectivity index (χ0v) is 9.67. The first-order valence-electron chi connectivity index (χ1n) is 5.27. The summed E-state index contributed by atoms with van der Waals surface area (Å²) in [5.74, 6) is 1.64. The third-order valence-electron chi connectivity index (χ3n) is 2.25. The van der Waals surface area contributed by atoms with Gasteiger partial charge in [-0.15, -0.1) is 0 Å². The van der Waals surface area contributed by atoms with Crippen molar-refractivity contribution in [3.05, 3.63) is 18.2 Å². The second-order valence-electron chi connectivity index (χ2n) is 3.35. The second-order valence-corrected chi connectivity index (χ2v) is 3.35. The van der Waals surface area contributed by atoms with Crippen LogP contribution in [0.1, 0.15) is 19.8 Å². The molecule has 0 unspecified atom stereocenters. The van der Waals surface area contributed by atoms with Gasteiger partial charge in [0.05, 0.1) is 19.9 Å². The van der Waals surface area contributed by atoms with Crippen LogP contribution >= 0.6 is 0 Å². The quantitative estimate of drug-likeness (QED) is 0.731. The van der Waals surface area contributed by atoms with Gasteiger partial charge in [0.2, 0.25) is 0 Å². The Morgan fingerprint density at radius 2 is 2.00 bits per heavy atom. The lowest BCUT2D eigenvalue weighted by Crippen LogP contribution is -2.02. The second kappa shape index (κ2) is 6.17. The van der Waals surface area contributed by atoms with E-state index < -0.39 is 0 Å². The van der Waals surface area contributed by atoms with Crippen LogP contribution in [-0.4, -0.2) is 20.8 Å². The SMILES string of the molecule is CCCCNc1ccc(OC)cc1OC. The Hall–Kier alpha value is -1.38. The maximum absolute atomic E-state index is 5.28. The molecule has 0 aromatic heterocycles. The lowest BCUT2D eigenvalue weighted by atomic mass is 10.2. The molecule has 0 bridgehead atoms. The summed E-state index contributed by atoms with van der Waals surface area (Å²) in [5, 5.41) is 3.34. The van der Waals surface area contributed by atoms with E-state index in [2.05, 4.69) is 12.2 Å². The monoisotopic (exact) mass is 209 g/mol. The van der Waals surface area contributed by atoms with E-state index in [0.717, 1.165) is 30.2 Å². The van der Waals surface area contributed by atoms with Crippen LogP contribution in [0, 0.1) is 0 Å². The van der Waals surface area contributed by atoms with Gasteiger partial charge in [0.1, 0.15) is 11.5 Å². The summed E-state index contributed by atoms with van der Waals surface area (Å²) in [6.07, 6.45) is 2.35. The predicted molar refractivity (Wildman–Crippen MR) is 62.9 cm³/mol. The number of benzene rings is 1. The Labute approximate surface area is 91.4 Å². The smallest absolute Gasteiger partial charge is 0.145 e. The lowest BCUT2D eigenvalue weighted by molar-refractivity contribution is 0.395. The average molecular weight is 209 g/mol. The third kappa shape index (κ3) is 3.35. The number of hydrogen-bond donors (Lipinski definition) is 1. The standard InChI is InChI=1S/C12H19NO2/c1-4-5-8-13-11-7-6-10(14-2)9-12(11)15-3/h6-7,9,13H,4-5,8H2,1-3H3. The van der Waals surface area contributed by atoms with Gasteiger partial charge in [0.15, 0.2) is 0 Å². The topological polar surface area (TPSA) is 30.5 Å². The minimum absolute atomic E-state index is 0.813. The van der Waals surface area contributed by atoms with E-state index in [9.17, 15) is 0 Å². The van der Waals surface area contributed by atoms with Crippen LogP contribution in [0.25, 0.3) is 0 Å². The molecule has 0 aliphatic heterocycles. The van der Waals surface area contributed by atoms with Crippen molar-refractivity contribution >= 4 is 5.69 Å². The van der Waals surface area contributed by atoms with E-state index in [0.29, 0.717) is 0 Å². The molecule has 15 heavy (non-hydrogen) atoms. The molecule has 84 valence electrons. The van der Waals surface area contributed by atoms with E-state index in [-0.39, 0.29) is 0 Å². The highest BCUT2D eigenvalue weighted by atomic mass is 16.5. The van der Waals surface area contributed by atoms with Gasteiger partial charge >= 0.3 is 0 Å². The normalized spacial score (nSPS) is 9.80. The molecule has 0 saturated heterocycles. The zero-order valence-electron chi connectivity index (χ0n) is 9.67. The summed E-state index contributed by atoms with van der Waals surface area (Å²) in [6.45, 7) is 3.14. The van der Waals surface area contributed by atoms with Gasteiger partial charge < -0.3 is 14.8 Å². The van der Waals surface area contributed by atoms with Crippen molar-refractivity contribution in [2.24, 2.45) is 0 Å². The van der Waals surface area contributed by atoms with Crippen molar-refractivity contribution in [2.75, 3.05) is 26.1 Å². The van der Waals surface area contributed by atoms with Gasteiger partial charge in [-0.1, -0.05) is 13.3 Å². The molecule has 1 rings (SSSR count). The van der Waals surface area contributed by atoms with E-state index in [1.165, 1.54) is 6.42 Å². The first kappa shape index (κ1) is 11.7. The van der Waals surface area contributed by atoms with Crippen molar-refractivity contribution in [1.29, 1.82) is 0 Å². The van der Waals surface area contributed by atoms with Crippen LogP contribution in [0.3, 0.4) is 0 Å². The fourth-order valence-electron chi connectivity index (χ4n) is 1.34. The van der Waals surface area contributed by atoms with Crippen LogP contribution in [0.5, 0.6) is 11.5 Å². The first-order chi connectivity index (χ1) is 7.31. The average Bonchev–Trinajstić information content (AvgIpc) is 2.29. The summed E-state index contributed by atoms with van der Waals surface area (Å²) in [6, 6.07) is 5.79. The van der Waals surface area contributed by atoms with Gasteiger partial charge in [-0.3, -0.25) is 0 Å². The molecule has 1 aromatic rings. The maximum Gasteiger partial charge on any atom is 0.145 e. The molecule has 1 aromatic carbocycles. The molecule has 0 spiro atoms. The molecular weight excluding hydrogens is 190 g/mol. The van der Waals surface area contributed by atoms with Crippen LogP contribution in [0.2, 0.25) is 0 Å². The van der Waals surface area contributed by atoms with Crippen LogP contribution in [-0.2, 0) is 0 Å². The van der Waals surface area contributed by atoms with E-state index in [4.69, 9.17) is 9.47 Å². The number of nitrogens with one attached hydrogen (secondary N) is 1. The first-order valence-corrected chi connectivity index (χ1v) is 5.27. The summed E-state index contributed by atoms with van der Waals surface area (Å²) >= 11 is 0. The molecular formula is C12H19NO2. The van der Waals surface area contributed by atoms with Crippen LogP contribution in [0.15, 0.2) is 18.2 Å². The highest BCUT2D eigenvalue weighted by Crippen LogP contribution is 2.28. The molecule has 3 heteroatoms. The molecule has 1 N–H and O–H groups in total. The van der Waals surface area contributed by atoms with Crippen LogP contribution < -0.4 is 14.8 Å². The predicted octanol–water partition coefficient (Wildman–Crippen LogP) is 2.92. The summed E-state index contributed by atoms with van der Waals surface area (Å²) in [4.78, 5) is 0. The maximum atomic E-state index is 5.28. The van der Waals surface area contributed by atoms with Crippen molar-refractivity contribution < 1.29 is 9.47 Å². The van der Waals surface area contributed by atoms with E-state index in [1.807, 2.05) is 18.2 Å². The van der Waals surface area contributed by atoms with Gasteiger partial charge in [-0.05, 0) is 18.6 Å². The minimum atomic E-state index is 0.813. The van der Waals surface area contributed by atoms with Gasteiger partial charge in [-0.2, -0.15) is 0 Å².